The zero-order valence-electron chi connectivity index (χ0n) is 19.3. The quantitative estimate of drug-likeness (QED) is 0.392. The van der Waals surface area contributed by atoms with E-state index in [2.05, 4.69) is 20.8 Å². The molecule has 0 amide bonds. The number of ether oxygens (including phenoxy) is 3. The lowest BCUT2D eigenvalue weighted by molar-refractivity contribution is -0.167. The van der Waals surface area contributed by atoms with Gasteiger partial charge in [0.25, 0.3) is 0 Å². The van der Waals surface area contributed by atoms with Crippen LogP contribution in [0.2, 0.25) is 0 Å². The van der Waals surface area contributed by atoms with Crippen LogP contribution in [0.5, 0.6) is 0 Å². The van der Waals surface area contributed by atoms with Crippen molar-refractivity contribution in [2.75, 3.05) is 13.2 Å². The molecule has 0 aliphatic heterocycles. The van der Waals surface area contributed by atoms with Crippen LogP contribution in [0.4, 0.5) is 13.2 Å². The number of carbonyl (C=O) groups excluding carboxylic acids is 1. The summed E-state index contributed by atoms with van der Waals surface area (Å²) in [4.78, 5) is 12.9. The lowest BCUT2D eigenvalue weighted by Crippen LogP contribution is -2.40. The molecule has 0 saturated heterocycles. The molecule has 0 heterocycles. The Morgan fingerprint density at radius 2 is 1.90 bits per heavy atom. The first-order valence-corrected chi connectivity index (χ1v) is 10.9. The molecule has 7 heteroatoms. The molecule has 0 N–H and O–H groups in total. The van der Waals surface area contributed by atoms with Crippen LogP contribution in [0.25, 0.3) is 0 Å². The molecule has 1 aromatic rings. The Labute approximate surface area is 183 Å². The van der Waals surface area contributed by atoms with Crippen LogP contribution >= 0.6 is 0 Å². The Hall–Kier alpha value is -1.60. The molecular weight excluding hydrogens is 409 g/mol. The highest BCUT2D eigenvalue weighted by molar-refractivity contribution is 5.76. The first-order valence-electron chi connectivity index (χ1n) is 10.9. The first-order chi connectivity index (χ1) is 14.3. The molecule has 0 aromatic heterocycles. The van der Waals surface area contributed by atoms with Gasteiger partial charge in [-0.25, -0.2) is 0 Å². The van der Waals surface area contributed by atoms with Crippen molar-refractivity contribution >= 4 is 5.97 Å². The van der Waals surface area contributed by atoms with Gasteiger partial charge in [0.1, 0.15) is 12.0 Å². The second kappa shape index (κ2) is 9.90. The molecule has 1 aromatic carbocycles. The van der Waals surface area contributed by atoms with Crippen LogP contribution in [0.1, 0.15) is 65.5 Å². The largest absolute Gasteiger partial charge is 0.460 e. The number of hydrogen-bond acceptors (Lipinski definition) is 4. The van der Waals surface area contributed by atoms with Gasteiger partial charge in [-0.2, -0.15) is 13.2 Å². The Morgan fingerprint density at radius 1 is 1.23 bits per heavy atom. The lowest BCUT2D eigenvalue weighted by Gasteiger charge is -2.29. The Bertz CT molecular complexity index is 749. The Morgan fingerprint density at radius 3 is 2.48 bits per heavy atom. The fourth-order valence-corrected chi connectivity index (χ4v) is 3.53. The van der Waals surface area contributed by atoms with Crippen molar-refractivity contribution in [2.24, 2.45) is 16.7 Å². The van der Waals surface area contributed by atoms with Crippen molar-refractivity contribution in [3.63, 3.8) is 0 Å². The topological polar surface area (TPSA) is 44.8 Å². The summed E-state index contributed by atoms with van der Waals surface area (Å²) in [5, 5.41) is 0. The van der Waals surface area contributed by atoms with E-state index in [1.54, 1.807) is 6.92 Å². The van der Waals surface area contributed by atoms with Gasteiger partial charge in [-0.1, -0.05) is 39.3 Å². The van der Waals surface area contributed by atoms with E-state index in [0.717, 1.165) is 25.0 Å². The monoisotopic (exact) mass is 444 g/mol. The third-order valence-corrected chi connectivity index (χ3v) is 6.39. The zero-order valence-corrected chi connectivity index (χ0v) is 19.3. The molecule has 176 valence electrons. The first kappa shape index (κ1) is 25.7. The van der Waals surface area contributed by atoms with Gasteiger partial charge in [0, 0.05) is 0 Å². The summed E-state index contributed by atoms with van der Waals surface area (Å²) in [5.74, 6) is -0.0278. The van der Waals surface area contributed by atoms with E-state index in [-0.39, 0.29) is 43.0 Å². The van der Waals surface area contributed by atoms with Crippen molar-refractivity contribution in [3.05, 3.63) is 35.4 Å². The minimum atomic E-state index is -4.44. The van der Waals surface area contributed by atoms with E-state index in [9.17, 15) is 18.0 Å². The number of alkyl halides is 3. The highest BCUT2D eigenvalue weighted by Gasteiger charge is 2.55. The minimum Gasteiger partial charge on any atom is -0.460 e. The molecule has 31 heavy (non-hydrogen) atoms. The summed E-state index contributed by atoms with van der Waals surface area (Å²) < 4.78 is 55.9. The fraction of sp³-hybridized carbons (Fsp3) is 0.708. The van der Waals surface area contributed by atoms with Crippen LogP contribution in [-0.4, -0.2) is 31.4 Å². The highest BCUT2D eigenvalue weighted by atomic mass is 19.4. The van der Waals surface area contributed by atoms with Crippen LogP contribution in [0.15, 0.2) is 24.3 Å². The number of benzene rings is 1. The van der Waals surface area contributed by atoms with E-state index in [1.165, 1.54) is 12.1 Å². The van der Waals surface area contributed by atoms with E-state index in [1.807, 2.05) is 13.8 Å². The normalized spacial score (nSPS) is 24.0. The molecule has 0 bridgehead atoms. The number of rotatable bonds is 11. The van der Waals surface area contributed by atoms with E-state index in [4.69, 9.17) is 14.2 Å². The van der Waals surface area contributed by atoms with Crippen LogP contribution in [-0.2, 0) is 31.8 Å². The predicted molar refractivity (Wildman–Crippen MR) is 112 cm³/mol. The van der Waals surface area contributed by atoms with Crippen molar-refractivity contribution < 1.29 is 32.2 Å². The maximum Gasteiger partial charge on any atom is 0.416 e. The molecule has 1 aliphatic rings. The third-order valence-electron chi connectivity index (χ3n) is 6.39. The van der Waals surface area contributed by atoms with Crippen molar-refractivity contribution in [2.45, 2.75) is 79.4 Å². The Kier molecular flexibility index (Phi) is 8.20. The van der Waals surface area contributed by atoms with Crippen LogP contribution in [0, 0.1) is 16.7 Å². The van der Waals surface area contributed by atoms with Crippen molar-refractivity contribution in [3.8, 4) is 0 Å². The molecular formula is C24H35F3O4. The standard InChI is InChI=1S/C24H35F3O4/c1-7-17(4)23(6)12-20(23)31-15-22(5,14-30-16(2)3)21(28)29-13-18-9-8-10-19(11-18)24(25,26)27/h8-11,16-17,20H,7,12-15H2,1-6H3. The molecule has 1 fully saturated rings. The smallest absolute Gasteiger partial charge is 0.416 e. The van der Waals surface area contributed by atoms with Gasteiger partial charge in [0.2, 0.25) is 0 Å². The van der Waals surface area contributed by atoms with Gasteiger partial charge in [-0.05, 0) is 56.2 Å². The van der Waals surface area contributed by atoms with E-state index < -0.39 is 23.1 Å². The summed E-state index contributed by atoms with van der Waals surface area (Å²) >= 11 is 0. The summed E-state index contributed by atoms with van der Waals surface area (Å²) in [7, 11) is 0. The second-order valence-corrected chi connectivity index (χ2v) is 9.51. The highest BCUT2D eigenvalue weighted by Crippen LogP contribution is 2.55. The number of hydrogen-bond donors (Lipinski definition) is 0. The molecule has 4 unspecified atom stereocenters. The average Bonchev–Trinajstić information content (AvgIpc) is 3.39. The summed E-state index contributed by atoms with van der Waals surface area (Å²) in [6.07, 6.45) is -2.44. The second-order valence-electron chi connectivity index (χ2n) is 9.51. The van der Waals surface area contributed by atoms with Gasteiger partial charge < -0.3 is 14.2 Å². The number of halogens is 3. The van der Waals surface area contributed by atoms with Crippen molar-refractivity contribution in [1.29, 1.82) is 0 Å². The minimum absolute atomic E-state index is 0.0806. The van der Waals surface area contributed by atoms with Gasteiger partial charge >= 0.3 is 12.1 Å². The number of carbonyl (C=O) groups is 1. The third kappa shape index (κ3) is 6.69. The average molecular weight is 445 g/mol. The molecule has 4 atom stereocenters. The fourth-order valence-electron chi connectivity index (χ4n) is 3.53. The predicted octanol–water partition coefficient (Wildman–Crippen LogP) is 6.02. The van der Waals surface area contributed by atoms with Gasteiger partial charge in [-0.15, -0.1) is 0 Å². The van der Waals surface area contributed by atoms with E-state index in [0.29, 0.717) is 5.92 Å². The summed E-state index contributed by atoms with van der Waals surface area (Å²) in [6, 6.07) is 4.79. The molecule has 2 rings (SSSR count). The van der Waals surface area contributed by atoms with Crippen LogP contribution in [0.3, 0.4) is 0 Å². The lowest BCUT2D eigenvalue weighted by atomic mass is 9.90. The molecule has 1 aliphatic carbocycles. The molecule has 4 nitrogen and oxygen atoms in total. The molecule has 0 radical (unpaired) electrons. The SMILES string of the molecule is CCC(C)C1(C)CC1OCC(C)(COC(C)C)C(=O)OCc1cccc(C(F)(F)F)c1. The van der Waals surface area contributed by atoms with Crippen LogP contribution < -0.4 is 0 Å². The van der Waals surface area contributed by atoms with E-state index >= 15 is 0 Å². The maximum atomic E-state index is 12.9. The maximum absolute atomic E-state index is 12.9. The zero-order chi connectivity index (χ0) is 23.4. The number of esters is 1. The van der Waals surface area contributed by atoms with Gasteiger partial charge in [0.05, 0.1) is 31.0 Å². The van der Waals surface area contributed by atoms with Gasteiger partial charge in [-0.3, -0.25) is 4.79 Å². The summed E-state index contributed by atoms with van der Waals surface area (Å²) in [6.45, 7) is 12.0. The van der Waals surface area contributed by atoms with Gasteiger partial charge in [0.15, 0.2) is 0 Å². The Balaban J connectivity index is 2.02. The van der Waals surface area contributed by atoms with Crippen molar-refractivity contribution in [1.82, 2.24) is 0 Å². The molecule has 0 spiro atoms. The molecule has 1 saturated carbocycles. The summed E-state index contributed by atoms with van der Waals surface area (Å²) in [5.41, 5.74) is -1.43.